The molecule has 1 saturated heterocycles. The van der Waals surface area contributed by atoms with E-state index in [1.807, 2.05) is 11.8 Å². The molecule has 0 radical (unpaired) electrons. The minimum absolute atomic E-state index is 0.117. The average Bonchev–Trinajstić information content (AvgIpc) is 2.58. The predicted molar refractivity (Wildman–Crippen MR) is 105 cm³/mol. The lowest BCUT2D eigenvalue weighted by atomic mass is 10.1. The van der Waals surface area contributed by atoms with Gasteiger partial charge in [-0.1, -0.05) is 25.0 Å². The van der Waals surface area contributed by atoms with E-state index < -0.39 is 0 Å². The van der Waals surface area contributed by atoms with Gasteiger partial charge in [-0.3, -0.25) is 9.69 Å². The van der Waals surface area contributed by atoms with Crippen LogP contribution in [0.4, 0.5) is 5.69 Å². The van der Waals surface area contributed by atoms with E-state index in [2.05, 4.69) is 35.3 Å². The lowest BCUT2D eigenvalue weighted by Crippen LogP contribution is -2.31. The molecule has 0 atom stereocenters. The first kappa shape index (κ1) is 19.3. The van der Waals surface area contributed by atoms with E-state index in [4.69, 9.17) is 5.73 Å². The molecule has 1 aromatic rings. The van der Waals surface area contributed by atoms with E-state index in [1.54, 1.807) is 0 Å². The van der Waals surface area contributed by atoms with Crippen molar-refractivity contribution in [3.8, 4) is 0 Å². The van der Waals surface area contributed by atoms with E-state index in [-0.39, 0.29) is 5.91 Å². The predicted octanol–water partition coefficient (Wildman–Crippen LogP) is 3.39. The highest BCUT2D eigenvalue weighted by molar-refractivity contribution is 7.99. The van der Waals surface area contributed by atoms with Crippen LogP contribution in [-0.4, -0.2) is 41.9 Å². The van der Waals surface area contributed by atoms with Crippen molar-refractivity contribution in [2.75, 3.05) is 36.5 Å². The summed E-state index contributed by atoms with van der Waals surface area (Å²) in [5, 5.41) is 3.05. The molecule has 2 rings (SSSR count). The molecule has 134 valence electrons. The summed E-state index contributed by atoms with van der Waals surface area (Å²) in [7, 11) is 0. The smallest absolute Gasteiger partial charge is 0.224 e. The molecule has 1 amide bonds. The Bertz CT molecular complexity index is 515. The summed E-state index contributed by atoms with van der Waals surface area (Å²) in [4.78, 5) is 14.6. The van der Waals surface area contributed by atoms with Crippen molar-refractivity contribution in [1.29, 1.82) is 0 Å². The largest absolute Gasteiger partial charge is 0.330 e. The fourth-order valence-corrected chi connectivity index (χ4v) is 3.96. The molecule has 0 aromatic heterocycles. The number of thioether (sulfide) groups is 1. The van der Waals surface area contributed by atoms with Gasteiger partial charge in [0.25, 0.3) is 0 Å². The summed E-state index contributed by atoms with van der Waals surface area (Å²) in [6.45, 7) is 6.18. The zero-order chi connectivity index (χ0) is 17.2. The minimum Gasteiger partial charge on any atom is -0.330 e. The number of hydrogen-bond acceptors (Lipinski definition) is 4. The van der Waals surface area contributed by atoms with E-state index in [0.29, 0.717) is 6.42 Å². The first-order chi connectivity index (χ1) is 11.7. The third-order valence-electron chi connectivity index (χ3n) is 4.43. The van der Waals surface area contributed by atoms with Gasteiger partial charge in [-0.2, -0.15) is 11.8 Å². The number of aryl methyl sites for hydroxylation is 1. The van der Waals surface area contributed by atoms with Crippen molar-refractivity contribution in [3.63, 3.8) is 0 Å². The standard InChI is InChI=1S/C19H31N3OS/c1-16-14-17(15-22-10-12-24-13-11-22)7-8-18(16)21-19(23)6-4-2-3-5-9-20/h7-8,14H,2-6,9-13,15,20H2,1H3,(H,21,23). The molecule has 1 fully saturated rings. The van der Waals surface area contributed by atoms with Gasteiger partial charge < -0.3 is 11.1 Å². The SMILES string of the molecule is Cc1cc(CN2CCSCC2)ccc1NC(=O)CCCCCCN. The third kappa shape index (κ3) is 6.83. The van der Waals surface area contributed by atoms with Crippen LogP contribution >= 0.6 is 11.8 Å². The molecule has 1 heterocycles. The summed E-state index contributed by atoms with van der Waals surface area (Å²) < 4.78 is 0. The first-order valence-corrected chi connectivity index (χ1v) is 10.2. The first-order valence-electron chi connectivity index (χ1n) is 9.08. The van der Waals surface area contributed by atoms with Crippen LogP contribution in [0.3, 0.4) is 0 Å². The number of carbonyl (C=O) groups is 1. The van der Waals surface area contributed by atoms with E-state index in [1.165, 1.54) is 30.2 Å². The van der Waals surface area contributed by atoms with E-state index in [9.17, 15) is 4.79 Å². The second kappa shape index (κ2) is 10.7. The van der Waals surface area contributed by atoms with Crippen LogP contribution < -0.4 is 11.1 Å². The second-order valence-corrected chi connectivity index (χ2v) is 7.76. The van der Waals surface area contributed by atoms with Gasteiger partial charge in [0.1, 0.15) is 0 Å². The highest BCUT2D eigenvalue weighted by Gasteiger charge is 2.11. The van der Waals surface area contributed by atoms with Crippen molar-refractivity contribution >= 4 is 23.4 Å². The Hall–Kier alpha value is -1.04. The summed E-state index contributed by atoms with van der Waals surface area (Å²) in [5.41, 5.74) is 8.90. The molecule has 1 aromatic carbocycles. The molecule has 5 heteroatoms. The van der Waals surface area contributed by atoms with Crippen LogP contribution in [0.1, 0.15) is 43.2 Å². The highest BCUT2D eigenvalue weighted by atomic mass is 32.2. The lowest BCUT2D eigenvalue weighted by molar-refractivity contribution is -0.116. The Morgan fingerprint density at radius 3 is 2.67 bits per heavy atom. The Kier molecular flexibility index (Phi) is 8.64. The number of nitrogens with one attached hydrogen (secondary N) is 1. The Balaban J connectivity index is 1.77. The minimum atomic E-state index is 0.117. The number of amides is 1. The van der Waals surface area contributed by atoms with Crippen LogP contribution in [0.2, 0.25) is 0 Å². The van der Waals surface area contributed by atoms with Crippen molar-refractivity contribution in [2.24, 2.45) is 5.73 Å². The lowest BCUT2D eigenvalue weighted by Gasteiger charge is -2.26. The number of carbonyl (C=O) groups excluding carboxylic acids is 1. The summed E-state index contributed by atoms with van der Waals surface area (Å²) >= 11 is 2.04. The van der Waals surface area contributed by atoms with Crippen molar-refractivity contribution < 1.29 is 4.79 Å². The number of nitrogens with zero attached hydrogens (tertiary/aromatic N) is 1. The van der Waals surface area contributed by atoms with Crippen molar-refractivity contribution in [2.45, 2.75) is 45.6 Å². The Morgan fingerprint density at radius 2 is 1.96 bits per heavy atom. The highest BCUT2D eigenvalue weighted by Crippen LogP contribution is 2.19. The molecule has 0 unspecified atom stereocenters. The van der Waals surface area contributed by atoms with Gasteiger partial charge in [0.2, 0.25) is 5.91 Å². The summed E-state index contributed by atoms with van der Waals surface area (Å²) in [6.07, 6.45) is 4.79. The van der Waals surface area contributed by atoms with Crippen molar-refractivity contribution in [1.82, 2.24) is 4.90 Å². The van der Waals surface area contributed by atoms with Gasteiger partial charge in [0.05, 0.1) is 0 Å². The molecular formula is C19H31N3OS. The van der Waals surface area contributed by atoms with Gasteiger partial charge in [0, 0.05) is 43.2 Å². The third-order valence-corrected chi connectivity index (χ3v) is 5.38. The number of nitrogens with two attached hydrogens (primary N) is 1. The molecule has 0 aliphatic carbocycles. The monoisotopic (exact) mass is 349 g/mol. The molecule has 4 nitrogen and oxygen atoms in total. The van der Waals surface area contributed by atoms with Gasteiger partial charge in [0.15, 0.2) is 0 Å². The van der Waals surface area contributed by atoms with Gasteiger partial charge in [-0.15, -0.1) is 0 Å². The Morgan fingerprint density at radius 1 is 1.21 bits per heavy atom. The Labute approximate surface area is 150 Å². The molecule has 24 heavy (non-hydrogen) atoms. The van der Waals surface area contributed by atoms with Crippen LogP contribution in [0.25, 0.3) is 0 Å². The number of benzene rings is 1. The summed E-state index contributed by atoms with van der Waals surface area (Å²) in [5.74, 6) is 2.59. The van der Waals surface area contributed by atoms with Crippen LogP contribution in [0.15, 0.2) is 18.2 Å². The molecule has 3 N–H and O–H groups in total. The molecular weight excluding hydrogens is 318 g/mol. The quantitative estimate of drug-likeness (QED) is 0.671. The number of unbranched alkanes of at least 4 members (excludes halogenated alkanes) is 3. The van der Waals surface area contributed by atoms with Gasteiger partial charge in [-0.05, 0) is 43.5 Å². The topological polar surface area (TPSA) is 58.4 Å². The molecule has 0 bridgehead atoms. The van der Waals surface area contributed by atoms with Crippen LogP contribution in [0.5, 0.6) is 0 Å². The number of hydrogen-bond donors (Lipinski definition) is 2. The average molecular weight is 350 g/mol. The number of anilines is 1. The van der Waals surface area contributed by atoms with Crippen LogP contribution in [0, 0.1) is 6.92 Å². The second-order valence-electron chi connectivity index (χ2n) is 6.54. The van der Waals surface area contributed by atoms with Gasteiger partial charge >= 0.3 is 0 Å². The zero-order valence-corrected chi connectivity index (χ0v) is 15.7. The fourth-order valence-electron chi connectivity index (χ4n) is 2.98. The zero-order valence-electron chi connectivity index (χ0n) is 14.9. The number of rotatable bonds is 9. The molecule has 0 spiro atoms. The normalized spacial score (nSPS) is 15.4. The fraction of sp³-hybridized carbons (Fsp3) is 0.632. The van der Waals surface area contributed by atoms with Crippen LogP contribution in [-0.2, 0) is 11.3 Å². The van der Waals surface area contributed by atoms with E-state index >= 15 is 0 Å². The molecule has 1 aliphatic heterocycles. The molecule has 1 aliphatic rings. The summed E-state index contributed by atoms with van der Waals surface area (Å²) in [6, 6.07) is 6.40. The van der Waals surface area contributed by atoms with E-state index in [0.717, 1.165) is 50.0 Å². The maximum atomic E-state index is 12.1. The van der Waals surface area contributed by atoms with Crippen molar-refractivity contribution in [3.05, 3.63) is 29.3 Å². The maximum Gasteiger partial charge on any atom is 0.224 e. The molecule has 0 saturated carbocycles. The maximum absolute atomic E-state index is 12.1. The van der Waals surface area contributed by atoms with Gasteiger partial charge in [-0.25, -0.2) is 0 Å².